The van der Waals surface area contributed by atoms with Crippen molar-refractivity contribution in [2.75, 3.05) is 17.7 Å². The van der Waals surface area contributed by atoms with Crippen molar-refractivity contribution in [3.63, 3.8) is 0 Å². The lowest BCUT2D eigenvalue weighted by molar-refractivity contribution is -0.128. The molecule has 0 radical (unpaired) electrons. The molecule has 138 valence electrons. The first kappa shape index (κ1) is 18.6. The van der Waals surface area contributed by atoms with E-state index in [4.69, 9.17) is 11.6 Å². The molecule has 26 heavy (non-hydrogen) atoms. The van der Waals surface area contributed by atoms with Crippen LogP contribution >= 0.6 is 22.9 Å². The molecule has 0 aliphatic heterocycles. The summed E-state index contributed by atoms with van der Waals surface area (Å²) in [4.78, 5) is 22.0. The van der Waals surface area contributed by atoms with E-state index in [1.165, 1.54) is 11.2 Å². The summed E-state index contributed by atoms with van der Waals surface area (Å²) in [5.74, 6) is 0.953. The lowest BCUT2D eigenvalue weighted by Gasteiger charge is -2.20. The number of amides is 1. The number of thiophene rings is 1. The van der Waals surface area contributed by atoms with Gasteiger partial charge >= 0.3 is 0 Å². The van der Waals surface area contributed by atoms with Crippen LogP contribution < -0.4 is 10.6 Å². The number of hydrogen-bond donors (Lipinski definition) is 2. The monoisotopic (exact) mass is 392 g/mol. The van der Waals surface area contributed by atoms with Gasteiger partial charge in [-0.2, -0.15) is 5.10 Å². The zero-order valence-electron chi connectivity index (χ0n) is 14.7. The molecule has 0 fully saturated rings. The number of alkyl halides is 1. The highest BCUT2D eigenvalue weighted by Gasteiger charge is 2.25. The summed E-state index contributed by atoms with van der Waals surface area (Å²) in [5.41, 5.74) is 0.147. The van der Waals surface area contributed by atoms with Crippen LogP contribution in [0.2, 0.25) is 0 Å². The van der Waals surface area contributed by atoms with Crippen molar-refractivity contribution in [1.29, 1.82) is 0 Å². The number of nitrogens with zero attached hydrogens (tertiary/aromatic N) is 4. The predicted octanol–water partition coefficient (Wildman–Crippen LogP) is 2.88. The molecule has 0 saturated heterocycles. The summed E-state index contributed by atoms with van der Waals surface area (Å²) in [6.45, 7) is 5.32. The molecule has 3 rings (SSSR count). The molecule has 3 heterocycles. The zero-order chi connectivity index (χ0) is 18.6. The Morgan fingerprint density at radius 1 is 1.38 bits per heavy atom. The van der Waals surface area contributed by atoms with Crippen LogP contribution in [0.3, 0.4) is 0 Å². The van der Waals surface area contributed by atoms with Gasteiger partial charge < -0.3 is 10.6 Å². The number of halogens is 1. The van der Waals surface area contributed by atoms with Crippen molar-refractivity contribution in [2.24, 2.45) is 5.41 Å². The van der Waals surface area contributed by atoms with E-state index in [0.717, 1.165) is 16.9 Å². The molecule has 0 aromatic carbocycles. The number of hydrogen-bond acceptors (Lipinski definition) is 6. The van der Waals surface area contributed by atoms with E-state index >= 15 is 0 Å². The molecular weight excluding hydrogens is 372 g/mol. The van der Waals surface area contributed by atoms with E-state index in [1.54, 1.807) is 22.2 Å². The lowest BCUT2D eigenvalue weighted by atomic mass is 9.95. The Hall–Kier alpha value is -2.19. The largest absolute Gasteiger partial charge is 0.364 e. The maximum absolute atomic E-state index is 12.1. The first-order valence-corrected chi connectivity index (χ1v) is 9.70. The van der Waals surface area contributed by atoms with Crippen LogP contribution in [0.4, 0.5) is 5.82 Å². The molecule has 7 nitrogen and oxygen atoms in total. The number of nitrogens with one attached hydrogen (secondary N) is 2. The van der Waals surface area contributed by atoms with Crippen LogP contribution in [0.5, 0.6) is 0 Å². The molecular formula is C17H21ClN6OS. The third kappa shape index (κ3) is 4.13. The Kier molecular flexibility index (Phi) is 5.73. The number of rotatable bonds is 8. The molecule has 3 aromatic heterocycles. The Labute approximate surface area is 160 Å². The summed E-state index contributed by atoms with van der Waals surface area (Å²) in [6, 6.07) is 4.10. The molecule has 1 amide bonds. The van der Waals surface area contributed by atoms with Gasteiger partial charge in [-0.05, 0) is 25.3 Å². The second kappa shape index (κ2) is 8.01. The predicted molar refractivity (Wildman–Crippen MR) is 104 cm³/mol. The van der Waals surface area contributed by atoms with Gasteiger partial charge in [0.25, 0.3) is 0 Å². The van der Waals surface area contributed by atoms with Gasteiger partial charge in [0, 0.05) is 17.3 Å². The Bertz CT molecular complexity index is 877. The quantitative estimate of drug-likeness (QED) is 0.576. The van der Waals surface area contributed by atoms with Crippen LogP contribution in [0, 0.1) is 5.41 Å². The highest BCUT2D eigenvalue weighted by atomic mass is 35.5. The van der Waals surface area contributed by atoms with E-state index in [9.17, 15) is 4.79 Å². The summed E-state index contributed by atoms with van der Waals surface area (Å²) < 4.78 is 1.77. The van der Waals surface area contributed by atoms with Gasteiger partial charge in [-0.15, -0.1) is 22.9 Å². The normalized spacial score (nSPS) is 11.7. The van der Waals surface area contributed by atoms with Gasteiger partial charge in [-0.1, -0.05) is 6.07 Å². The summed E-state index contributed by atoms with van der Waals surface area (Å²) in [6.07, 6.45) is 3.27. The zero-order valence-corrected chi connectivity index (χ0v) is 16.3. The first-order valence-electron chi connectivity index (χ1n) is 8.28. The van der Waals surface area contributed by atoms with E-state index in [0.29, 0.717) is 19.6 Å². The molecule has 0 aliphatic rings. The van der Waals surface area contributed by atoms with E-state index < -0.39 is 5.41 Å². The number of carbonyl (C=O) groups is 1. The summed E-state index contributed by atoms with van der Waals surface area (Å²) in [7, 11) is 0. The minimum Gasteiger partial charge on any atom is -0.364 e. The van der Waals surface area contributed by atoms with Gasteiger partial charge in [0.05, 0.1) is 30.1 Å². The van der Waals surface area contributed by atoms with Crippen molar-refractivity contribution in [1.82, 2.24) is 25.1 Å². The molecule has 2 N–H and O–H groups in total. The van der Waals surface area contributed by atoms with Gasteiger partial charge in [-0.3, -0.25) is 4.79 Å². The number of carbonyl (C=O) groups excluding carboxylic acids is 1. The van der Waals surface area contributed by atoms with E-state index in [-0.39, 0.29) is 11.8 Å². The average molecular weight is 393 g/mol. The smallest absolute Gasteiger partial charge is 0.226 e. The molecule has 0 saturated carbocycles. The molecule has 0 aliphatic carbocycles. The van der Waals surface area contributed by atoms with E-state index in [2.05, 4.69) is 31.8 Å². The topological polar surface area (TPSA) is 84.7 Å². The van der Waals surface area contributed by atoms with Gasteiger partial charge in [0.2, 0.25) is 5.91 Å². The third-order valence-corrected chi connectivity index (χ3v) is 5.55. The third-order valence-electron chi connectivity index (χ3n) is 4.00. The Balaban J connectivity index is 1.65. The fraction of sp³-hybridized carbons (Fsp3) is 0.412. The van der Waals surface area contributed by atoms with Crippen molar-refractivity contribution >= 4 is 45.7 Å². The van der Waals surface area contributed by atoms with Crippen LogP contribution in [0.15, 0.2) is 30.0 Å². The maximum Gasteiger partial charge on any atom is 0.226 e. The minimum atomic E-state index is -0.589. The fourth-order valence-corrected chi connectivity index (χ4v) is 3.12. The van der Waals surface area contributed by atoms with Crippen molar-refractivity contribution in [3.05, 3.63) is 34.9 Å². The highest BCUT2D eigenvalue weighted by Crippen LogP contribution is 2.20. The standard InChI is InChI=1S/C17H21ClN6OS/c1-17(2,10-18)16(25)19-5-6-24-15-13(9-23-24)14(21-11-22-15)20-8-12-4-3-7-26-12/h3-4,7,9,11H,5-6,8,10H2,1-2H3,(H,19,25)(H,20,21,22). The van der Waals surface area contributed by atoms with Gasteiger partial charge in [-0.25, -0.2) is 14.6 Å². The van der Waals surface area contributed by atoms with Crippen molar-refractivity contribution in [3.8, 4) is 0 Å². The summed E-state index contributed by atoms with van der Waals surface area (Å²) in [5, 5.41) is 13.5. The van der Waals surface area contributed by atoms with E-state index in [1.807, 2.05) is 25.3 Å². The highest BCUT2D eigenvalue weighted by molar-refractivity contribution is 7.09. The minimum absolute atomic E-state index is 0.0723. The molecule has 0 atom stereocenters. The van der Waals surface area contributed by atoms with Gasteiger partial charge in [0.15, 0.2) is 5.65 Å². The van der Waals surface area contributed by atoms with Crippen LogP contribution in [0.1, 0.15) is 18.7 Å². The number of fused-ring (bicyclic) bond motifs is 1. The molecule has 9 heteroatoms. The van der Waals surface area contributed by atoms with Crippen LogP contribution in [-0.4, -0.2) is 38.1 Å². The average Bonchev–Trinajstić information content (AvgIpc) is 3.30. The van der Waals surface area contributed by atoms with Crippen LogP contribution in [0.25, 0.3) is 11.0 Å². The van der Waals surface area contributed by atoms with Gasteiger partial charge in [0.1, 0.15) is 12.1 Å². The molecule has 0 bridgehead atoms. The molecule has 0 spiro atoms. The number of aromatic nitrogens is 4. The SMILES string of the molecule is CC(C)(CCl)C(=O)NCCn1ncc2c(NCc3cccs3)ncnc21. The van der Waals surface area contributed by atoms with Crippen LogP contribution in [-0.2, 0) is 17.9 Å². The van der Waals surface area contributed by atoms with Crippen molar-refractivity contribution in [2.45, 2.75) is 26.9 Å². The second-order valence-electron chi connectivity index (χ2n) is 6.53. The fourth-order valence-electron chi connectivity index (χ4n) is 2.36. The number of anilines is 1. The van der Waals surface area contributed by atoms with Crippen molar-refractivity contribution < 1.29 is 4.79 Å². The maximum atomic E-state index is 12.1. The Morgan fingerprint density at radius 2 is 2.23 bits per heavy atom. The molecule has 0 unspecified atom stereocenters. The Morgan fingerprint density at radius 3 is 2.96 bits per heavy atom. The summed E-state index contributed by atoms with van der Waals surface area (Å²) >= 11 is 7.52. The molecule has 3 aromatic rings. The second-order valence-corrected chi connectivity index (χ2v) is 7.83. The lowest BCUT2D eigenvalue weighted by Crippen LogP contribution is -2.39. The first-order chi connectivity index (χ1) is 12.5.